The molecule has 0 N–H and O–H groups in total. The predicted octanol–water partition coefficient (Wildman–Crippen LogP) is 4.55. The summed E-state index contributed by atoms with van der Waals surface area (Å²) in [6, 6.07) is 6.06. The van der Waals surface area contributed by atoms with E-state index in [1.165, 1.54) is 0 Å². The Morgan fingerprint density at radius 3 is 2.37 bits per heavy atom. The first-order valence-electron chi connectivity index (χ1n) is 5.96. The van der Waals surface area contributed by atoms with Crippen molar-refractivity contribution in [2.24, 2.45) is 0 Å². The molecule has 0 atom stereocenters. The normalized spacial score (nSPS) is 10.4. The van der Waals surface area contributed by atoms with Crippen LogP contribution >= 0.6 is 51.5 Å². The molecule has 0 aliphatic rings. The molecule has 0 aliphatic carbocycles. The van der Waals surface area contributed by atoms with Crippen molar-refractivity contribution in [3.05, 3.63) is 28.2 Å². The largest absolute Gasteiger partial charge is 0.494 e. The zero-order valence-electron chi connectivity index (χ0n) is 10.9. The van der Waals surface area contributed by atoms with Gasteiger partial charge in [0.15, 0.2) is 0 Å². The summed E-state index contributed by atoms with van der Waals surface area (Å²) in [5.41, 5.74) is 1.15. The van der Waals surface area contributed by atoms with Gasteiger partial charge in [0.25, 0.3) is 0 Å². The highest BCUT2D eigenvalue weighted by molar-refractivity contribution is 9.10. The third-order valence-electron chi connectivity index (χ3n) is 2.52. The molecule has 110 valence electrons. The summed E-state index contributed by atoms with van der Waals surface area (Å²) in [5.74, 6) is 2.14. The molecular formula is C13H19BrCl3NO. The fraction of sp³-hybridized carbons (Fsp3) is 0.538. The lowest BCUT2D eigenvalue weighted by Crippen LogP contribution is -2.27. The molecule has 19 heavy (non-hydrogen) atoms. The predicted molar refractivity (Wildman–Crippen MR) is 89.3 cm³/mol. The van der Waals surface area contributed by atoms with E-state index in [-0.39, 0.29) is 12.4 Å². The number of alkyl halides is 2. The fourth-order valence-electron chi connectivity index (χ4n) is 1.72. The molecular weight excluding hydrogens is 372 g/mol. The summed E-state index contributed by atoms with van der Waals surface area (Å²) in [5, 5.41) is 0. The van der Waals surface area contributed by atoms with Crippen molar-refractivity contribution in [3.63, 3.8) is 0 Å². The van der Waals surface area contributed by atoms with Crippen LogP contribution in [0.15, 0.2) is 22.7 Å². The third-order valence-corrected chi connectivity index (χ3v) is 3.35. The highest BCUT2D eigenvalue weighted by Crippen LogP contribution is 2.24. The first-order chi connectivity index (χ1) is 8.71. The Labute approximate surface area is 139 Å². The van der Waals surface area contributed by atoms with Gasteiger partial charge in [-0.1, -0.05) is 15.9 Å². The van der Waals surface area contributed by atoms with Crippen LogP contribution in [0.1, 0.15) is 12.5 Å². The summed E-state index contributed by atoms with van der Waals surface area (Å²) in [6.45, 7) is 5.10. The Bertz CT molecular complexity index is 360. The average Bonchev–Trinajstić information content (AvgIpc) is 2.33. The topological polar surface area (TPSA) is 12.5 Å². The van der Waals surface area contributed by atoms with E-state index in [9.17, 15) is 0 Å². The Kier molecular flexibility index (Phi) is 11.2. The summed E-state index contributed by atoms with van der Waals surface area (Å²) in [6.07, 6.45) is 0. The number of nitrogens with zero attached hydrogens (tertiary/aromatic N) is 1. The Balaban J connectivity index is 0.00000324. The number of hydrogen-bond donors (Lipinski definition) is 0. The third kappa shape index (κ3) is 7.05. The zero-order valence-corrected chi connectivity index (χ0v) is 14.8. The van der Waals surface area contributed by atoms with Gasteiger partial charge in [-0.05, 0) is 25.1 Å². The molecule has 0 aliphatic heterocycles. The average molecular weight is 392 g/mol. The molecule has 0 heterocycles. The van der Waals surface area contributed by atoms with Gasteiger partial charge in [-0.2, -0.15) is 0 Å². The van der Waals surface area contributed by atoms with Gasteiger partial charge in [-0.25, -0.2) is 0 Å². The second-order valence-electron chi connectivity index (χ2n) is 3.84. The van der Waals surface area contributed by atoms with Gasteiger partial charge >= 0.3 is 0 Å². The molecule has 1 rings (SSSR count). The number of ether oxygens (including phenoxy) is 1. The van der Waals surface area contributed by atoms with Crippen LogP contribution in [0.2, 0.25) is 0 Å². The SMILES string of the molecule is CCOc1ccc(Br)cc1CN(CCCl)CCCl.Cl. The lowest BCUT2D eigenvalue weighted by Gasteiger charge is -2.21. The standard InChI is InChI=1S/C13H18BrCl2NO.ClH/c1-2-18-13-4-3-12(14)9-11(13)10-17(7-5-15)8-6-16;/h3-4,9H,2,5-8,10H2,1H3;1H. The van der Waals surface area contributed by atoms with Gasteiger partial charge < -0.3 is 4.74 Å². The van der Waals surface area contributed by atoms with Crippen molar-refractivity contribution in [1.29, 1.82) is 0 Å². The maximum Gasteiger partial charge on any atom is 0.123 e. The molecule has 0 bridgehead atoms. The Morgan fingerprint density at radius 1 is 1.21 bits per heavy atom. The van der Waals surface area contributed by atoms with Crippen LogP contribution in [0.25, 0.3) is 0 Å². The number of benzene rings is 1. The molecule has 0 saturated heterocycles. The minimum atomic E-state index is 0. The first kappa shape index (κ1) is 19.3. The summed E-state index contributed by atoms with van der Waals surface area (Å²) in [4.78, 5) is 2.23. The molecule has 0 unspecified atom stereocenters. The molecule has 1 aromatic rings. The van der Waals surface area contributed by atoms with E-state index in [1.54, 1.807) is 0 Å². The van der Waals surface area contributed by atoms with Gasteiger partial charge in [-0.3, -0.25) is 4.90 Å². The van der Waals surface area contributed by atoms with Crippen LogP contribution in [0.4, 0.5) is 0 Å². The molecule has 0 radical (unpaired) electrons. The molecule has 6 heteroatoms. The molecule has 1 aromatic carbocycles. The second-order valence-corrected chi connectivity index (χ2v) is 5.51. The van der Waals surface area contributed by atoms with Gasteiger partial charge in [0.05, 0.1) is 6.61 Å². The smallest absolute Gasteiger partial charge is 0.123 e. The van der Waals surface area contributed by atoms with E-state index in [4.69, 9.17) is 27.9 Å². The second kappa shape index (κ2) is 11.0. The first-order valence-corrected chi connectivity index (χ1v) is 7.83. The quantitative estimate of drug-likeness (QED) is 0.603. The van der Waals surface area contributed by atoms with Crippen molar-refractivity contribution in [3.8, 4) is 5.75 Å². The summed E-state index contributed by atoms with van der Waals surface area (Å²) < 4.78 is 6.69. The zero-order chi connectivity index (χ0) is 13.4. The van der Waals surface area contributed by atoms with E-state index in [2.05, 4.69) is 26.9 Å². The van der Waals surface area contributed by atoms with Crippen LogP contribution in [0.5, 0.6) is 5.75 Å². The van der Waals surface area contributed by atoms with Gasteiger partial charge in [0.2, 0.25) is 0 Å². The van der Waals surface area contributed by atoms with E-state index >= 15 is 0 Å². The van der Waals surface area contributed by atoms with Crippen LogP contribution in [-0.2, 0) is 6.54 Å². The van der Waals surface area contributed by atoms with Gasteiger partial charge in [0, 0.05) is 41.4 Å². The molecule has 0 saturated carbocycles. The maximum atomic E-state index is 5.81. The van der Waals surface area contributed by atoms with Crippen molar-refractivity contribution < 1.29 is 4.74 Å². The van der Waals surface area contributed by atoms with Crippen LogP contribution in [0.3, 0.4) is 0 Å². The molecule has 0 spiro atoms. The van der Waals surface area contributed by atoms with E-state index in [1.807, 2.05) is 19.1 Å². The van der Waals surface area contributed by atoms with Gasteiger partial charge in [-0.15, -0.1) is 35.6 Å². The lowest BCUT2D eigenvalue weighted by molar-refractivity contribution is 0.284. The number of rotatable bonds is 8. The monoisotopic (exact) mass is 389 g/mol. The minimum absolute atomic E-state index is 0. The van der Waals surface area contributed by atoms with Crippen molar-refractivity contribution in [2.75, 3.05) is 31.5 Å². The van der Waals surface area contributed by atoms with E-state index in [0.717, 1.165) is 35.4 Å². The van der Waals surface area contributed by atoms with Crippen LogP contribution in [-0.4, -0.2) is 36.4 Å². The summed E-state index contributed by atoms with van der Waals surface area (Å²) >= 11 is 15.1. The fourth-order valence-corrected chi connectivity index (χ4v) is 2.60. The van der Waals surface area contributed by atoms with Crippen LogP contribution < -0.4 is 4.74 Å². The minimum Gasteiger partial charge on any atom is -0.494 e. The van der Waals surface area contributed by atoms with Crippen LogP contribution in [0, 0.1) is 0 Å². The molecule has 0 fully saturated rings. The van der Waals surface area contributed by atoms with E-state index in [0.29, 0.717) is 18.4 Å². The van der Waals surface area contributed by atoms with Crippen molar-refractivity contribution in [1.82, 2.24) is 4.90 Å². The molecule has 2 nitrogen and oxygen atoms in total. The molecule has 0 amide bonds. The van der Waals surface area contributed by atoms with E-state index < -0.39 is 0 Å². The highest BCUT2D eigenvalue weighted by atomic mass is 79.9. The number of hydrogen-bond acceptors (Lipinski definition) is 2. The molecule has 0 aromatic heterocycles. The number of halogens is 4. The van der Waals surface area contributed by atoms with Crippen molar-refractivity contribution in [2.45, 2.75) is 13.5 Å². The highest BCUT2D eigenvalue weighted by Gasteiger charge is 2.10. The Hall–Kier alpha value is 0.330. The van der Waals surface area contributed by atoms with Gasteiger partial charge in [0.1, 0.15) is 5.75 Å². The summed E-state index contributed by atoms with van der Waals surface area (Å²) in [7, 11) is 0. The Morgan fingerprint density at radius 2 is 1.84 bits per heavy atom. The maximum absolute atomic E-state index is 5.81. The van der Waals surface area contributed by atoms with Crippen molar-refractivity contribution >= 4 is 51.5 Å². The lowest BCUT2D eigenvalue weighted by atomic mass is 10.2.